The number of amides is 2. The molecule has 0 fully saturated rings. The van der Waals surface area contributed by atoms with Crippen molar-refractivity contribution in [1.29, 1.82) is 0 Å². The van der Waals surface area contributed by atoms with E-state index in [9.17, 15) is 9.18 Å². The van der Waals surface area contributed by atoms with Crippen LogP contribution in [0.2, 0.25) is 0 Å². The molecule has 0 aliphatic heterocycles. The van der Waals surface area contributed by atoms with Gasteiger partial charge in [-0.25, -0.2) is 9.18 Å². The first-order valence-electron chi connectivity index (χ1n) is 6.20. The molecule has 0 aliphatic carbocycles. The molecule has 19 heavy (non-hydrogen) atoms. The van der Waals surface area contributed by atoms with E-state index in [0.29, 0.717) is 16.7 Å². The summed E-state index contributed by atoms with van der Waals surface area (Å²) < 4.78 is 13.4. The molecule has 0 saturated carbocycles. The summed E-state index contributed by atoms with van der Waals surface area (Å²) in [6, 6.07) is 3.99. The van der Waals surface area contributed by atoms with E-state index in [0.717, 1.165) is 12.8 Å². The number of hydrogen-bond acceptors (Lipinski definition) is 2. The Balaban J connectivity index is 2.66. The number of unbranched alkanes of at least 4 members (excludes halogenated alkanes) is 1. The van der Waals surface area contributed by atoms with Crippen molar-refractivity contribution < 1.29 is 14.3 Å². The fourth-order valence-electron chi connectivity index (χ4n) is 1.56. The molecule has 0 unspecified atom stereocenters. The summed E-state index contributed by atoms with van der Waals surface area (Å²) in [4.78, 5) is 13.5. The number of hydrogen-bond donors (Lipinski definition) is 2. The number of carbonyl (C=O) groups is 1. The van der Waals surface area contributed by atoms with E-state index < -0.39 is 0 Å². The van der Waals surface area contributed by atoms with Gasteiger partial charge in [0.25, 0.3) is 0 Å². The highest BCUT2D eigenvalue weighted by Gasteiger charge is 2.13. The van der Waals surface area contributed by atoms with Gasteiger partial charge in [0.2, 0.25) is 0 Å². The number of anilines is 1. The minimum atomic E-state index is -0.379. The number of halogens is 2. The first-order chi connectivity index (χ1) is 9.08. The molecule has 4 nitrogen and oxygen atoms in total. The summed E-state index contributed by atoms with van der Waals surface area (Å²) in [7, 11) is 0. The van der Waals surface area contributed by atoms with E-state index in [-0.39, 0.29) is 25.0 Å². The lowest BCUT2D eigenvalue weighted by Gasteiger charge is -2.22. The maximum absolute atomic E-state index is 13.1. The van der Waals surface area contributed by atoms with Gasteiger partial charge in [0.05, 0.1) is 11.1 Å². The highest BCUT2D eigenvalue weighted by Crippen LogP contribution is 2.20. The molecular formula is C13H18BrFN2O2. The van der Waals surface area contributed by atoms with Gasteiger partial charge in [0.15, 0.2) is 0 Å². The quantitative estimate of drug-likeness (QED) is 0.840. The first-order valence-corrected chi connectivity index (χ1v) is 6.99. The third-order valence-electron chi connectivity index (χ3n) is 2.61. The highest BCUT2D eigenvalue weighted by atomic mass is 79.9. The van der Waals surface area contributed by atoms with E-state index in [4.69, 9.17) is 5.11 Å². The van der Waals surface area contributed by atoms with E-state index >= 15 is 0 Å². The molecule has 0 radical (unpaired) electrons. The average molecular weight is 333 g/mol. The zero-order chi connectivity index (χ0) is 14.3. The molecule has 0 atom stereocenters. The molecule has 0 aromatic heterocycles. The minimum absolute atomic E-state index is 0.0791. The summed E-state index contributed by atoms with van der Waals surface area (Å²) in [5, 5.41) is 11.6. The van der Waals surface area contributed by atoms with E-state index in [1.807, 2.05) is 6.92 Å². The van der Waals surface area contributed by atoms with Gasteiger partial charge in [-0.3, -0.25) is 0 Å². The van der Waals surface area contributed by atoms with Crippen molar-refractivity contribution in [2.45, 2.75) is 19.8 Å². The Bertz CT molecular complexity index is 429. The highest BCUT2D eigenvalue weighted by molar-refractivity contribution is 9.10. The normalized spacial score (nSPS) is 10.3. The van der Waals surface area contributed by atoms with Crippen molar-refractivity contribution >= 4 is 27.6 Å². The zero-order valence-corrected chi connectivity index (χ0v) is 12.4. The number of benzene rings is 1. The van der Waals surface area contributed by atoms with Crippen LogP contribution < -0.4 is 5.32 Å². The van der Waals surface area contributed by atoms with E-state index in [1.165, 1.54) is 18.2 Å². The van der Waals surface area contributed by atoms with E-state index in [1.54, 1.807) is 4.90 Å². The zero-order valence-electron chi connectivity index (χ0n) is 10.8. The smallest absolute Gasteiger partial charge is 0.321 e. The Labute approximate surface area is 120 Å². The molecule has 0 heterocycles. The van der Waals surface area contributed by atoms with Crippen LogP contribution in [0.4, 0.5) is 14.9 Å². The molecular weight excluding hydrogens is 315 g/mol. The molecule has 1 rings (SSSR count). The molecule has 1 aromatic carbocycles. The topological polar surface area (TPSA) is 52.6 Å². The number of nitrogens with one attached hydrogen (secondary N) is 1. The second-order valence-electron chi connectivity index (χ2n) is 4.12. The fourth-order valence-corrected chi connectivity index (χ4v) is 1.94. The third kappa shape index (κ3) is 5.16. The van der Waals surface area contributed by atoms with Crippen LogP contribution >= 0.6 is 15.9 Å². The Hall–Kier alpha value is -1.14. The summed E-state index contributed by atoms with van der Waals surface area (Å²) >= 11 is 3.07. The molecule has 1 aromatic rings. The van der Waals surface area contributed by atoms with Crippen LogP contribution in [0.3, 0.4) is 0 Å². The average Bonchev–Trinajstić information content (AvgIpc) is 2.38. The predicted octanol–water partition coefficient (Wildman–Crippen LogP) is 3.21. The second kappa shape index (κ2) is 8.12. The van der Waals surface area contributed by atoms with E-state index in [2.05, 4.69) is 21.2 Å². The maximum atomic E-state index is 13.1. The Morgan fingerprint density at radius 2 is 2.21 bits per heavy atom. The van der Waals surface area contributed by atoms with Gasteiger partial charge in [-0.2, -0.15) is 0 Å². The van der Waals surface area contributed by atoms with Gasteiger partial charge in [-0.15, -0.1) is 0 Å². The standard InChI is InChI=1S/C13H18BrFN2O2/c1-2-3-6-17(7-8-18)13(19)16-10-4-5-12(15)11(14)9-10/h4-5,9,18H,2-3,6-8H2,1H3,(H,16,19). The lowest BCUT2D eigenvalue weighted by molar-refractivity contribution is 0.187. The van der Waals surface area contributed by atoms with Crippen molar-refractivity contribution in [3.05, 3.63) is 28.5 Å². The number of aliphatic hydroxyl groups excluding tert-OH is 1. The van der Waals surface area contributed by atoms with Crippen LogP contribution in [0.5, 0.6) is 0 Å². The molecule has 2 N–H and O–H groups in total. The van der Waals surface area contributed by atoms with Gasteiger partial charge >= 0.3 is 6.03 Å². The molecule has 106 valence electrons. The van der Waals surface area contributed by atoms with Gasteiger partial charge < -0.3 is 15.3 Å². The van der Waals surface area contributed by atoms with Crippen molar-refractivity contribution in [3.63, 3.8) is 0 Å². The van der Waals surface area contributed by atoms with Crippen LogP contribution in [-0.4, -0.2) is 35.7 Å². The van der Waals surface area contributed by atoms with Gasteiger partial charge in [-0.1, -0.05) is 13.3 Å². The monoisotopic (exact) mass is 332 g/mol. The summed E-state index contributed by atoms with van der Waals surface area (Å²) in [5.74, 6) is -0.379. The summed E-state index contributed by atoms with van der Waals surface area (Å²) in [6.45, 7) is 2.83. The number of nitrogens with zero attached hydrogens (tertiary/aromatic N) is 1. The summed E-state index contributed by atoms with van der Waals surface area (Å²) in [5.41, 5.74) is 0.512. The van der Waals surface area contributed by atoms with Crippen LogP contribution in [-0.2, 0) is 0 Å². The van der Waals surface area contributed by atoms with Crippen molar-refractivity contribution in [3.8, 4) is 0 Å². The molecule has 0 aliphatic rings. The largest absolute Gasteiger partial charge is 0.395 e. The van der Waals surface area contributed by atoms with Crippen LogP contribution in [0.25, 0.3) is 0 Å². The number of carbonyl (C=O) groups excluding carboxylic acids is 1. The predicted molar refractivity (Wildman–Crippen MR) is 76.7 cm³/mol. The Kier molecular flexibility index (Phi) is 6.80. The fraction of sp³-hybridized carbons (Fsp3) is 0.462. The van der Waals surface area contributed by atoms with Crippen molar-refractivity contribution in [2.75, 3.05) is 25.0 Å². The number of urea groups is 1. The molecule has 0 saturated heterocycles. The van der Waals surface area contributed by atoms with Crippen LogP contribution in [0.15, 0.2) is 22.7 Å². The molecule has 2 amide bonds. The van der Waals surface area contributed by atoms with Gasteiger partial charge in [-0.05, 0) is 40.5 Å². The first kappa shape index (κ1) is 15.9. The third-order valence-corrected chi connectivity index (χ3v) is 3.22. The van der Waals surface area contributed by atoms with Crippen LogP contribution in [0, 0.1) is 5.82 Å². The minimum Gasteiger partial charge on any atom is -0.395 e. The van der Waals surface area contributed by atoms with Gasteiger partial charge in [0, 0.05) is 18.8 Å². The summed E-state index contributed by atoms with van der Waals surface area (Å²) in [6.07, 6.45) is 1.85. The van der Waals surface area contributed by atoms with Crippen LogP contribution in [0.1, 0.15) is 19.8 Å². The van der Waals surface area contributed by atoms with Crippen molar-refractivity contribution in [1.82, 2.24) is 4.90 Å². The molecule has 6 heteroatoms. The molecule has 0 bridgehead atoms. The maximum Gasteiger partial charge on any atom is 0.321 e. The second-order valence-corrected chi connectivity index (χ2v) is 4.98. The Morgan fingerprint density at radius 1 is 1.47 bits per heavy atom. The van der Waals surface area contributed by atoms with Crippen molar-refractivity contribution in [2.24, 2.45) is 0 Å². The van der Waals surface area contributed by atoms with Gasteiger partial charge in [0.1, 0.15) is 5.82 Å². The SMILES string of the molecule is CCCCN(CCO)C(=O)Nc1ccc(F)c(Br)c1. The Morgan fingerprint density at radius 3 is 2.79 bits per heavy atom. The lowest BCUT2D eigenvalue weighted by Crippen LogP contribution is -2.37. The number of aliphatic hydroxyl groups is 1. The molecule has 0 spiro atoms. The number of rotatable bonds is 6. The lowest BCUT2D eigenvalue weighted by atomic mass is 10.3.